The first kappa shape index (κ1) is 26.3. The molecule has 2 aromatic carbocycles. The van der Waals surface area contributed by atoms with Gasteiger partial charge in [0.15, 0.2) is 17.6 Å². The number of benzene rings is 2. The van der Waals surface area contributed by atoms with Crippen LogP contribution >= 0.6 is 12.4 Å². The van der Waals surface area contributed by atoms with Crippen LogP contribution in [-0.2, 0) is 4.84 Å². The second kappa shape index (κ2) is 11.4. The molecule has 1 atom stereocenters. The third-order valence-electron chi connectivity index (χ3n) is 5.56. The van der Waals surface area contributed by atoms with Crippen molar-refractivity contribution >= 4 is 29.0 Å². The Hall–Kier alpha value is -3.34. The van der Waals surface area contributed by atoms with Crippen molar-refractivity contribution in [3.63, 3.8) is 0 Å². The second-order valence-corrected chi connectivity index (χ2v) is 8.30. The predicted molar refractivity (Wildman–Crippen MR) is 142 cm³/mol. The molecule has 8 heteroatoms. The van der Waals surface area contributed by atoms with Crippen molar-refractivity contribution < 1.29 is 19.0 Å². The molecule has 3 aromatic rings. The van der Waals surface area contributed by atoms with Gasteiger partial charge in [-0.05, 0) is 65.2 Å². The van der Waals surface area contributed by atoms with Crippen LogP contribution in [0.1, 0.15) is 31.9 Å². The van der Waals surface area contributed by atoms with Crippen LogP contribution in [-0.4, -0.2) is 62.2 Å². The molecule has 1 aliphatic rings. The largest absolute Gasteiger partial charge is 0.492 e. The number of hydrogen-bond acceptors (Lipinski definition) is 6. The van der Waals surface area contributed by atoms with Crippen molar-refractivity contribution in [2.75, 3.05) is 40.5 Å². The lowest BCUT2D eigenvalue weighted by molar-refractivity contribution is 0.113. The average molecular weight is 498 g/mol. The first-order valence-electron chi connectivity index (χ1n) is 11.5. The smallest absolute Gasteiger partial charge is 0.184 e. The number of hydrogen-bond donors (Lipinski definition) is 1. The fraction of sp³-hybridized carbons (Fsp3) is 0.370. The Labute approximate surface area is 212 Å². The predicted octanol–water partition coefficient (Wildman–Crippen LogP) is 5.10. The van der Waals surface area contributed by atoms with E-state index in [4.69, 9.17) is 25.5 Å². The first-order chi connectivity index (χ1) is 16.5. The fourth-order valence-electron chi connectivity index (χ4n) is 3.95. The third kappa shape index (κ3) is 5.34. The molecule has 0 aliphatic heterocycles. The molecule has 0 fully saturated rings. The molecule has 1 unspecified atom stereocenters. The molecular weight excluding hydrogens is 466 g/mol. The lowest BCUT2D eigenvalue weighted by Gasteiger charge is -2.14. The quantitative estimate of drug-likeness (QED) is 0.244. The van der Waals surface area contributed by atoms with Crippen molar-refractivity contribution in [3.05, 3.63) is 41.5 Å². The van der Waals surface area contributed by atoms with Gasteiger partial charge < -0.3 is 28.9 Å². The van der Waals surface area contributed by atoms with E-state index in [-0.39, 0.29) is 12.4 Å². The number of ether oxygens (including phenoxy) is 3. The summed E-state index contributed by atoms with van der Waals surface area (Å²) in [5.41, 5.74) is 5.47. The lowest BCUT2D eigenvalue weighted by atomic mass is 10.1. The second-order valence-electron chi connectivity index (χ2n) is 8.30. The van der Waals surface area contributed by atoms with Gasteiger partial charge in [-0.25, -0.2) is 0 Å². The average Bonchev–Trinajstić information content (AvgIpc) is 3.32. The number of halogens is 1. The van der Waals surface area contributed by atoms with E-state index in [1.807, 2.05) is 58.3 Å². The Morgan fingerprint density at radius 3 is 2.34 bits per heavy atom. The highest BCUT2D eigenvalue weighted by Crippen LogP contribution is 2.46. The molecule has 0 saturated carbocycles. The van der Waals surface area contributed by atoms with Gasteiger partial charge in [0.05, 0.1) is 18.9 Å². The zero-order valence-electron chi connectivity index (χ0n) is 20.8. The van der Waals surface area contributed by atoms with E-state index in [2.05, 4.69) is 21.0 Å². The highest BCUT2D eigenvalue weighted by Gasteiger charge is 2.32. The molecule has 1 aromatic heterocycles. The minimum atomic E-state index is -0.454. The summed E-state index contributed by atoms with van der Waals surface area (Å²) in [6.07, 6.45) is 5.06. The molecule has 35 heavy (non-hydrogen) atoms. The first-order valence-corrected chi connectivity index (χ1v) is 11.5. The van der Waals surface area contributed by atoms with Crippen LogP contribution in [0.3, 0.4) is 0 Å². The van der Waals surface area contributed by atoms with Gasteiger partial charge in [-0.2, -0.15) is 0 Å². The van der Waals surface area contributed by atoms with E-state index in [9.17, 15) is 0 Å². The summed E-state index contributed by atoms with van der Waals surface area (Å²) < 4.78 is 17.7. The van der Waals surface area contributed by atoms with Gasteiger partial charge in [-0.15, -0.1) is 18.8 Å². The number of aromatic amines is 1. The van der Waals surface area contributed by atoms with E-state index in [0.29, 0.717) is 37.0 Å². The van der Waals surface area contributed by atoms with Crippen LogP contribution in [0.2, 0.25) is 0 Å². The van der Waals surface area contributed by atoms with E-state index >= 15 is 0 Å². The number of terminal acetylenes is 1. The Kier molecular flexibility index (Phi) is 8.55. The van der Waals surface area contributed by atoms with Crippen LogP contribution in [0, 0.1) is 12.3 Å². The van der Waals surface area contributed by atoms with Gasteiger partial charge >= 0.3 is 0 Å². The number of nitrogens with one attached hydrogen (secondary N) is 1. The van der Waals surface area contributed by atoms with E-state index < -0.39 is 6.10 Å². The Morgan fingerprint density at radius 1 is 1.03 bits per heavy atom. The third-order valence-corrected chi connectivity index (χ3v) is 5.56. The van der Waals surface area contributed by atoms with Crippen LogP contribution in [0.4, 0.5) is 0 Å². The highest BCUT2D eigenvalue weighted by molar-refractivity contribution is 6.30. The summed E-state index contributed by atoms with van der Waals surface area (Å²) in [6, 6.07) is 10.0. The van der Waals surface area contributed by atoms with Crippen LogP contribution in [0.25, 0.3) is 22.2 Å². The zero-order valence-corrected chi connectivity index (χ0v) is 21.6. The Balaban J connectivity index is 0.00000342. The summed E-state index contributed by atoms with van der Waals surface area (Å²) in [4.78, 5) is 11.3. The fourth-order valence-corrected chi connectivity index (χ4v) is 3.95. The van der Waals surface area contributed by atoms with E-state index in [1.54, 1.807) is 6.92 Å². The molecule has 0 spiro atoms. The Bertz CT molecular complexity index is 1260. The molecule has 4 rings (SSSR count). The minimum Gasteiger partial charge on any atom is -0.492 e. The van der Waals surface area contributed by atoms with Crippen LogP contribution < -0.4 is 14.2 Å². The molecule has 1 heterocycles. The van der Waals surface area contributed by atoms with Gasteiger partial charge in [0, 0.05) is 34.1 Å². The number of fused-ring (bicyclic) bond motifs is 5. The highest BCUT2D eigenvalue weighted by atomic mass is 35.5. The SMILES string of the molecule is C#CC(C)O/N=C1/c2cc(OCC)c(OCC)cc2-c2[nH]c3ccc(OCCN(C)C)cc3c21.Cl. The van der Waals surface area contributed by atoms with Gasteiger partial charge in [-0.1, -0.05) is 11.1 Å². The molecule has 0 radical (unpaired) electrons. The van der Waals surface area contributed by atoms with E-state index in [0.717, 1.165) is 45.6 Å². The molecule has 0 saturated heterocycles. The van der Waals surface area contributed by atoms with Gasteiger partial charge in [0.1, 0.15) is 18.1 Å². The summed E-state index contributed by atoms with van der Waals surface area (Å²) in [7, 11) is 4.05. The van der Waals surface area contributed by atoms with Gasteiger partial charge in [0.25, 0.3) is 0 Å². The number of rotatable bonds is 10. The maximum atomic E-state index is 5.99. The van der Waals surface area contributed by atoms with Crippen molar-refractivity contribution in [1.29, 1.82) is 0 Å². The van der Waals surface area contributed by atoms with Gasteiger partial charge in [-0.3, -0.25) is 0 Å². The number of nitrogens with zero attached hydrogens (tertiary/aromatic N) is 2. The number of H-pyrrole nitrogens is 1. The van der Waals surface area contributed by atoms with E-state index in [1.165, 1.54) is 0 Å². The van der Waals surface area contributed by atoms with Crippen molar-refractivity contribution in [2.45, 2.75) is 26.9 Å². The molecule has 1 aliphatic carbocycles. The summed E-state index contributed by atoms with van der Waals surface area (Å²) in [5, 5.41) is 5.50. The molecule has 1 N–H and O–H groups in total. The number of oxime groups is 1. The van der Waals surface area contributed by atoms with Crippen LogP contribution in [0.5, 0.6) is 17.2 Å². The summed E-state index contributed by atoms with van der Waals surface area (Å²) >= 11 is 0. The molecular formula is C27H32ClN3O4. The normalized spacial score (nSPS) is 13.7. The van der Waals surface area contributed by atoms with Crippen LogP contribution in [0.15, 0.2) is 35.5 Å². The van der Waals surface area contributed by atoms with Crippen molar-refractivity contribution in [3.8, 4) is 40.8 Å². The monoisotopic (exact) mass is 497 g/mol. The standard InChI is InChI=1S/C27H31N3O4.ClH/c1-7-17(4)34-29-27-20-16-24(32-9-3)23(31-8-2)15-19(20)26-25(27)21-14-18(10-11-22(21)28-26)33-13-12-30(5)6;/h1,10-11,14-17,28H,8-9,12-13H2,2-6H3;1H/b29-27-;. The van der Waals surface area contributed by atoms with Crippen molar-refractivity contribution in [2.24, 2.45) is 5.16 Å². The zero-order chi connectivity index (χ0) is 24.2. The maximum absolute atomic E-state index is 5.99. The lowest BCUT2D eigenvalue weighted by Crippen LogP contribution is -2.19. The minimum absolute atomic E-state index is 0. The molecule has 186 valence electrons. The maximum Gasteiger partial charge on any atom is 0.184 e. The van der Waals surface area contributed by atoms with Crippen molar-refractivity contribution in [1.82, 2.24) is 9.88 Å². The number of aromatic nitrogens is 1. The molecule has 0 amide bonds. The Morgan fingerprint density at radius 2 is 1.71 bits per heavy atom. The molecule has 7 nitrogen and oxygen atoms in total. The molecule has 0 bridgehead atoms. The summed E-state index contributed by atoms with van der Waals surface area (Å²) in [6.45, 7) is 8.19. The summed E-state index contributed by atoms with van der Waals surface area (Å²) in [5.74, 6) is 4.72. The van der Waals surface area contributed by atoms with Gasteiger partial charge in [0.2, 0.25) is 0 Å². The number of likely N-dealkylation sites (N-methyl/N-ethyl adjacent to an activating group) is 1. The topological polar surface area (TPSA) is 68.3 Å².